The van der Waals surface area contributed by atoms with E-state index in [0.717, 1.165) is 26.1 Å². The van der Waals surface area contributed by atoms with E-state index in [1.54, 1.807) is 0 Å². The maximum Gasteiger partial charge on any atom is 0.239 e. The Bertz CT molecular complexity index is 325. The van der Waals surface area contributed by atoms with Crippen LogP contribution in [-0.2, 0) is 9.59 Å². The minimum absolute atomic E-state index is 0.0232. The van der Waals surface area contributed by atoms with Gasteiger partial charge in [0.2, 0.25) is 11.8 Å². The molecule has 1 atom stereocenters. The summed E-state index contributed by atoms with van der Waals surface area (Å²) >= 11 is 0. The van der Waals surface area contributed by atoms with E-state index in [-0.39, 0.29) is 17.7 Å². The first-order valence-corrected chi connectivity index (χ1v) is 7.49. The number of nitrogens with one attached hydrogen (secondary N) is 1. The number of nitrogens with zero attached hydrogens (tertiary/aromatic N) is 2. The summed E-state index contributed by atoms with van der Waals surface area (Å²) in [6.07, 6.45) is 0.946. The summed E-state index contributed by atoms with van der Waals surface area (Å²) in [5, 5.41) is 2.87. The molecule has 6 nitrogen and oxygen atoms in total. The summed E-state index contributed by atoms with van der Waals surface area (Å²) in [4.78, 5) is 27.6. The van der Waals surface area contributed by atoms with Crippen molar-refractivity contribution in [3.8, 4) is 0 Å². The number of nitrogens with two attached hydrogens (primary N) is 1. The molecule has 1 unspecified atom stereocenters. The number of hydrogen-bond donors (Lipinski definition) is 2. The van der Waals surface area contributed by atoms with Gasteiger partial charge in [-0.15, -0.1) is 0 Å². The summed E-state index contributed by atoms with van der Waals surface area (Å²) in [5.41, 5.74) is 5.89. The number of rotatable bonds is 6. The third kappa shape index (κ3) is 5.09. The standard InChI is InChI=1S/C14H28N4O2/c1-4-5-16-12(19)10-17-6-8-18(9-7-17)14(20)13(15)11(2)3/h11,13H,4-10,15H2,1-3H3,(H,16,19). The highest BCUT2D eigenvalue weighted by Gasteiger charge is 2.27. The Labute approximate surface area is 121 Å². The zero-order chi connectivity index (χ0) is 15.1. The molecular weight excluding hydrogens is 256 g/mol. The molecule has 1 aliphatic rings. The van der Waals surface area contributed by atoms with E-state index >= 15 is 0 Å². The van der Waals surface area contributed by atoms with E-state index in [1.165, 1.54) is 0 Å². The largest absolute Gasteiger partial charge is 0.355 e. The van der Waals surface area contributed by atoms with Crippen LogP contribution in [0.2, 0.25) is 0 Å². The lowest BCUT2D eigenvalue weighted by Crippen LogP contribution is -2.55. The SMILES string of the molecule is CCCNC(=O)CN1CCN(C(=O)C(N)C(C)C)CC1. The lowest BCUT2D eigenvalue weighted by Gasteiger charge is -2.36. The number of hydrogen-bond acceptors (Lipinski definition) is 4. The molecule has 0 radical (unpaired) electrons. The molecule has 116 valence electrons. The van der Waals surface area contributed by atoms with Crippen LogP contribution in [0.3, 0.4) is 0 Å². The van der Waals surface area contributed by atoms with Gasteiger partial charge in [-0.2, -0.15) is 0 Å². The van der Waals surface area contributed by atoms with Crippen molar-refractivity contribution >= 4 is 11.8 Å². The van der Waals surface area contributed by atoms with E-state index in [0.29, 0.717) is 19.6 Å². The molecule has 3 N–H and O–H groups in total. The summed E-state index contributed by atoms with van der Waals surface area (Å²) in [6.45, 7) is 9.85. The van der Waals surface area contributed by atoms with Crippen molar-refractivity contribution in [2.75, 3.05) is 39.3 Å². The Balaban J connectivity index is 2.33. The molecule has 0 aromatic rings. The zero-order valence-electron chi connectivity index (χ0n) is 12.9. The van der Waals surface area contributed by atoms with Gasteiger partial charge < -0.3 is 16.0 Å². The van der Waals surface area contributed by atoms with Crippen LogP contribution < -0.4 is 11.1 Å². The van der Waals surface area contributed by atoms with Crippen LogP contribution in [-0.4, -0.2) is 66.9 Å². The van der Waals surface area contributed by atoms with Gasteiger partial charge in [-0.1, -0.05) is 20.8 Å². The highest BCUT2D eigenvalue weighted by Crippen LogP contribution is 2.07. The summed E-state index contributed by atoms with van der Waals surface area (Å²) in [5.74, 6) is 0.237. The fourth-order valence-corrected chi connectivity index (χ4v) is 2.15. The molecule has 1 heterocycles. The first kappa shape index (κ1) is 16.9. The molecule has 20 heavy (non-hydrogen) atoms. The Morgan fingerprint density at radius 3 is 2.30 bits per heavy atom. The van der Waals surface area contributed by atoms with Crippen molar-refractivity contribution in [2.24, 2.45) is 11.7 Å². The first-order chi connectivity index (χ1) is 9.45. The second-order valence-electron chi connectivity index (χ2n) is 5.72. The van der Waals surface area contributed by atoms with E-state index in [9.17, 15) is 9.59 Å². The van der Waals surface area contributed by atoms with Crippen LogP contribution in [0.1, 0.15) is 27.2 Å². The molecule has 0 bridgehead atoms. The number of amides is 2. The van der Waals surface area contributed by atoms with Gasteiger partial charge in [0.05, 0.1) is 12.6 Å². The van der Waals surface area contributed by atoms with E-state index in [1.807, 2.05) is 25.7 Å². The second-order valence-corrected chi connectivity index (χ2v) is 5.72. The van der Waals surface area contributed by atoms with Crippen molar-refractivity contribution in [3.05, 3.63) is 0 Å². The second kappa shape index (κ2) is 8.21. The maximum absolute atomic E-state index is 12.1. The van der Waals surface area contributed by atoms with Gasteiger partial charge in [0.25, 0.3) is 0 Å². The highest BCUT2D eigenvalue weighted by molar-refractivity contribution is 5.82. The molecule has 1 rings (SSSR count). The van der Waals surface area contributed by atoms with Gasteiger partial charge >= 0.3 is 0 Å². The van der Waals surface area contributed by atoms with Crippen molar-refractivity contribution in [1.82, 2.24) is 15.1 Å². The van der Waals surface area contributed by atoms with Crippen LogP contribution in [0.4, 0.5) is 0 Å². The molecule has 1 fully saturated rings. The third-order valence-corrected chi connectivity index (χ3v) is 3.63. The number of carbonyl (C=O) groups excluding carboxylic acids is 2. The number of piperazine rings is 1. The minimum atomic E-state index is -0.422. The summed E-state index contributed by atoms with van der Waals surface area (Å²) < 4.78 is 0. The van der Waals surface area contributed by atoms with E-state index in [2.05, 4.69) is 10.2 Å². The van der Waals surface area contributed by atoms with Crippen molar-refractivity contribution in [1.29, 1.82) is 0 Å². The Kier molecular flexibility index (Phi) is 6.95. The minimum Gasteiger partial charge on any atom is -0.355 e. The monoisotopic (exact) mass is 284 g/mol. The molecule has 1 saturated heterocycles. The Hall–Kier alpha value is -1.14. The molecule has 6 heteroatoms. The van der Waals surface area contributed by atoms with Crippen LogP contribution in [0.15, 0.2) is 0 Å². The molecule has 0 saturated carbocycles. The topological polar surface area (TPSA) is 78.7 Å². The lowest BCUT2D eigenvalue weighted by molar-refractivity contribution is -0.135. The smallest absolute Gasteiger partial charge is 0.239 e. The van der Waals surface area contributed by atoms with Gasteiger partial charge in [-0.25, -0.2) is 0 Å². The van der Waals surface area contributed by atoms with E-state index < -0.39 is 6.04 Å². The van der Waals surface area contributed by atoms with E-state index in [4.69, 9.17) is 5.73 Å². The molecule has 2 amide bonds. The summed E-state index contributed by atoms with van der Waals surface area (Å²) in [7, 11) is 0. The normalized spacial score (nSPS) is 18.1. The first-order valence-electron chi connectivity index (χ1n) is 7.49. The Morgan fingerprint density at radius 1 is 1.20 bits per heavy atom. The molecule has 0 spiro atoms. The molecule has 0 aromatic carbocycles. The third-order valence-electron chi connectivity index (χ3n) is 3.63. The molecule has 0 aromatic heterocycles. The van der Waals surface area contributed by atoms with Gasteiger partial charge in [-0.3, -0.25) is 14.5 Å². The van der Waals surface area contributed by atoms with Crippen LogP contribution >= 0.6 is 0 Å². The van der Waals surface area contributed by atoms with Gasteiger partial charge in [0.1, 0.15) is 0 Å². The molecular formula is C14H28N4O2. The maximum atomic E-state index is 12.1. The molecule has 1 aliphatic heterocycles. The fraction of sp³-hybridized carbons (Fsp3) is 0.857. The zero-order valence-corrected chi connectivity index (χ0v) is 12.9. The Morgan fingerprint density at radius 2 is 1.80 bits per heavy atom. The predicted octanol–water partition coefficient (Wildman–Crippen LogP) is -0.360. The van der Waals surface area contributed by atoms with Crippen LogP contribution in [0, 0.1) is 5.92 Å². The van der Waals surface area contributed by atoms with Crippen molar-refractivity contribution in [3.63, 3.8) is 0 Å². The predicted molar refractivity (Wildman–Crippen MR) is 79.1 cm³/mol. The van der Waals surface area contributed by atoms with Crippen LogP contribution in [0.5, 0.6) is 0 Å². The summed E-state index contributed by atoms with van der Waals surface area (Å²) in [6, 6.07) is -0.422. The highest BCUT2D eigenvalue weighted by atomic mass is 16.2. The van der Waals surface area contributed by atoms with Crippen LogP contribution in [0.25, 0.3) is 0 Å². The quantitative estimate of drug-likeness (QED) is 0.698. The number of carbonyl (C=O) groups is 2. The fourth-order valence-electron chi connectivity index (χ4n) is 2.15. The van der Waals surface area contributed by atoms with Gasteiger partial charge in [0.15, 0.2) is 0 Å². The lowest BCUT2D eigenvalue weighted by atomic mass is 10.0. The van der Waals surface area contributed by atoms with Gasteiger partial charge in [0, 0.05) is 32.7 Å². The van der Waals surface area contributed by atoms with Crippen molar-refractivity contribution in [2.45, 2.75) is 33.2 Å². The van der Waals surface area contributed by atoms with Crippen molar-refractivity contribution < 1.29 is 9.59 Å². The average molecular weight is 284 g/mol. The molecule has 0 aliphatic carbocycles. The average Bonchev–Trinajstić information content (AvgIpc) is 2.44. The van der Waals surface area contributed by atoms with Gasteiger partial charge in [-0.05, 0) is 12.3 Å².